The van der Waals surface area contributed by atoms with E-state index in [-0.39, 0.29) is 24.3 Å². The number of phenols is 1. The molecular formula is C26H27N3O6Si. The van der Waals surface area contributed by atoms with Gasteiger partial charge in [0.25, 0.3) is 5.56 Å². The van der Waals surface area contributed by atoms with E-state index in [1.165, 1.54) is 7.05 Å². The van der Waals surface area contributed by atoms with Crippen molar-refractivity contribution in [3.63, 3.8) is 0 Å². The van der Waals surface area contributed by atoms with E-state index in [0.29, 0.717) is 28.0 Å². The summed E-state index contributed by atoms with van der Waals surface area (Å²) in [5, 5.41) is 13.0. The highest BCUT2D eigenvalue weighted by Crippen LogP contribution is 2.46. The standard InChI is InChI=1S/C26H27N3O6Si/c1-6-26(35-25(33)27-3)17-12-19-21-15(10-14-11-16(30)8-9-18(14)28-21)13-29(19)22(31)20(17)23(34-24(26)32)36(4,5)7-2/h7-12,23,30H,2,6,13H2,1,3-5H3,(H,27,33). The number of cyclic esters (lactones) is 1. The number of hydrogen-bond acceptors (Lipinski definition) is 7. The van der Waals surface area contributed by atoms with E-state index < -0.39 is 31.5 Å². The fourth-order valence-electron chi connectivity index (χ4n) is 5.04. The molecule has 0 bridgehead atoms. The number of nitrogens with zero attached hydrogens (tertiary/aromatic N) is 2. The van der Waals surface area contributed by atoms with Gasteiger partial charge in [0.2, 0.25) is 5.60 Å². The van der Waals surface area contributed by atoms with Crippen LogP contribution >= 0.6 is 0 Å². The highest BCUT2D eigenvalue weighted by Gasteiger charge is 2.55. The number of nitrogens with one attached hydrogen (secondary N) is 1. The molecule has 0 fully saturated rings. The number of phenolic OH excluding ortho intramolecular Hbond substituents is 1. The van der Waals surface area contributed by atoms with Gasteiger partial charge in [0.05, 0.1) is 29.0 Å². The van der Waals surface area contributed by atoms with Gasteiger partial charge < -0.3 is 24.5 Å². The van der Waals surface area contributed by atoms with E-state index in [9.17, 15) is 19.5 Å². The van der Waals surface area contributed by atoms with Crippen LogP contribution in [0.1, 0.15) is 35.8 Å². The van der Waals surface area contributed by atoms with Crippen molar-refractivity contribution in [3.8, 4) is 17.1 Å². The van der Waals surface area contributed by atoms with E-state index >= 15 is 0 Å². The molecule has 2 aromatic heterocycles. The number of hydrogen-bond donors (Lipinski definition) is 2. The highest BCUT2D eigenvalue weighted by molar-refractivity contribution is 6.83. The molecule has 0 saturated carbocycles. The molecule has 4 heterocycles. The number of amides is 1. The second-order valence-electron chi connectivity index (χ2n) is 9.75. The number of esters is 1. The Morgan fingerprint density at radius 3 is 2.78 bits per heavy atom. The summed E-state index contributed by atoms with van der Waals surface area (Å²) in [5.41, 5.74) is 2.15. The molecule has 2 aliphatic rings. The van der Waals surface area contributed by atoms with Crippen LogP contribution in [0.3, 0.4) is 0 Å². The summed E-state index contributed by atoms with van der Waals surface area (Å²) in [4.78, 5) is 44.7. The van der Waals surface area contributed by atoms with E-state index in [2.05, 4.69) is 11.9 Å². The Hall–Kier alpha value is -3.92. The van der Waals surface area contributed by atoms with Crippen LogP contribution in [0.15, 0.2) is 47.4 Å². The van der Waals surface area contributed by atoms with Crippen molar-refractivity contribution in [1.29, 1.82) is 0 Å². The van der Waals surface area contributed by atoms with Crippen LogP contribution in [0.25, 0.3) is 22.3 Å². The average molecular weight is 506 g/mol. The largest absolute Gasteiger partial charge is 0.508 e. The molecule has 2 aliphatic heterocycles. The van der Waals surface area contributed by atoms with Gasteiger partial charge in [-0.05, 0) is 36.8 Å². The minimum absolute atomic E-state index is 0.0786. The first kappa shape index (κ1) is 23.8. The zero-order valence-corrected chi connectivity index (χ0v) is 21.5. The van der Waals surface area contributed by atoms with Crippen molar-refractivity contribution in [2.75, 3.05) is 7.05 Å². The third-order valence-corrected chi connectivity index (χ3v) is 10.0. The van der Waals surface area contributed by atoms with Crippen molar-refractivity contribution < 1.29 is 24.2 Å². The Labute approximate surface area is 208 Å². The van der Waals surface area contributed by atoms with E-state index in [1.54, 1.807) is 41.5 Å². The minimum Gasteiger partial charge on any atom is -0.508 e. The SMILES string of the molecule is C=C[Si](C)(C)C1OC(=O)C(CC)(OC(=O)NC)c2cc3n(c(=O)c21)Cc1cc2cc(O)ccc2nc1-3. The first-order valence-electron chi connectivity index (χ1n) is 11.7. The summed E-state index contributed by atoms with van der Waals surface area (Å²) in [7, 11) is -1.07. The number of pyridine rings is 2. The summed E-state index contributed by atoms with van der Waals surface area (Å²) in [6, 6.07) is 8.53. The van der Waals surface area contributed by atoms with Crippen LogP contribution < -0.4 is 10.9 Å². The number of benzene rings is 1. The molecule has 2 unspecified atom stereocenters. The smallest absolute Gasteiger partial charge is 0.408 e. The van der Waals surface area contributed by atoms with Gasteiger partial charge in [-0.25, -0.2) is 14.6 Å². The Morgan fingerprint density at radius 2 is 2.11 bits per heavy atom. The number of carbonyl (C=O) groups is 2. The maximum atomic E-state index is 14.1. The van der Waals surface area contributed by atoms with Crippen LogP contribution in [-0.2, 0) is 26.4 Å². The van der Waals surface area contributed by atoms with Crippen LogP contribution in [0.4, 0.5) is 4.79 Å². The van der Waals surface area contributed by atoms with Gasteiger partial charge in [-0.15, -0.1) is 6.58 Å². The second-order valence-corrected chi connectivity index (χ2v) is 14.3. The first-order valence-corrected chi connectivity index (χ1v) is 14.9. The third-order valence-electron chi connectivity index (χ3n) is 7.21. The van der Waals surface area contributed by atoms with E-state index in [4.69, 9.17) is 14.5 Å². The average Bonchev–Trinajstić information content (AvgIpc) is 3.21. The zero-order chi connectivity index (χ0) is 26.0. The van der Waals surface area contributed by atoms with Crippen LogP contribution in [0.5, 0.6) is 5.75 Å². The summed E-state index contributed by atoms with van der Waals surface area (Å²) < 4.78 is 13.2. The Kier molecular flexibility index (Phi) is 5.33. The van der Waals surface area contributed by atoms with E-state index in [1.807, 2.05) is 19.2 Å². The van der Waals surface area contributed by atoms with Crippen LogP contribution in [0.2, 0.25) is 13.1 Å². The predicted octanol–water partition coefficient (Wildman–Crippen LogP) is 3.66. The molecule has 5 rings (SSSR count). The number of carbonyl (C=O) groups excluding carboxylic acids is 2. The fourth-order valence-corrected chi connectivity index (χ4v) is 6.69. The summed E-state index contributed by atoms with van der Waals surface area (Å²) in [6.45, 7) is 9.85. The molecular weight excluding hydrogens is 478 g/mol. The summed E-state index contributed by atoms with van der Waals surface area (Å²) in [6.07, 6.45) is -0.724. The molecule has 36 heavy (non-hydrogen) atoms. The normalized spacial score (nSPS) is 20.2. The summed E-state index contributed by atoms with van der Waals surface area (Å²) >= 11 is 0. The van der Waals surface area contributed by atoms with Gasteiger partial charge in [-0.2, -0.15) is 0 Å². The lowest BCUT2D eigenvalue weighted by Crippen LogP contribution is -2.54. The maximum absolute atomic E-state index is 14.1. The van der Waals surface area contributed by atoms with Crippen molar-refractivity contribution in [2.45, 2.75) is 44.3 Å². The van der Waals surface area contributed by atoms with Gasteiger partial charge in [0.1, 0.15) is 19.6 Å². The van der Waals surface area contributed by atoms with Gasteiger partial charge in [-0.3, -0.25) is 4.79 Å². The molecule has 2 atom stereocenters. The molecule has 3 aromatic rings. The Bertz CT molecular complexity index is 1530. The van der Waals surface area contributed by atoms with Crippen LogP contribution in [-0.4, -0.2) is 41.8 Å². The monoisotopic (exact) mass is 505 g/mol. The number of aromatic hydroxyl groups is 1. The number of rotatable bonds is 4. The molecule has 186 valence electrons. The van der Waals surface area contributed by atoms with Crippen LogP contribution in [0, 0.1) is 0 Å². The van der Waals surface area contributed by atoms with Gasteiger partial charge in [0, 0.05) is 23.6 Å². The number of aromatic nitrogens is 2. The fraction of sp³-hybridized carbons (Fsp3) is 0.308. The lowest BCUT2D eigenvalue weighted by atomic mass is 9.85. The number of alkyl carbamates (subject to hydrolysis) is 1. The molecule has 0 radical (unpaired) electrons. The maximum Gasteiger partial charge on any atom is 0.408 e. The zero-order valence-electron chi connectivity index (χ0n) is 20.5. The quantitative estimate of drug-likeness (QED) is 0.321. The van der Waals surface area contributed by atoms with Gasteiger partial charge in [-0.1, -0.05) is 25.7 Å². The molecule has 1 amide bonds. The minimum atomic E-state index is -2.47. The predicted molar refractivity (Wildman–Crippen MR) is 136 cm³/mol. The van der Waals surface area contributed by atoms with Crippen molar-refractivity contribution in [2.24, 2.45) is 0 Å². The highest BCUT2D eigenvalue weighted by atomic mass is 28.3. The topological polar surface area (TPSA) is 120 Å². The van der Waals surface area contributed by atoms with E-state index in [0.717, 1.165) is 10.9 Å². The molecule has 9 nitrogen and oxygen atoms in total. The molecule has 1 aromatic carbocycles. The molecule has 10 heteroatoms. The summed E-state index contributed by atoms with van der Waals surface area (Å²) in [5.74, 6) is -0.584. The Morgan fingerprint density at radius 1 is 1.36 bits per heavy atom. The van der Waals surface area contributed by atoms with Crippen molar-refractivity contribution in [1.82, 2.24) is 14.9 Å². The lowest BCUT2D eigenvalue weighted by Gasteiger charge is -2.42. The molecule has 0 spiro atoms. The van der Waals surface area contributed by atoms with Gasteiger partial charge in [0.15, 0.2) is 0 Å². The van der Waals surface area contributed by atoms with Crippen molar-refractivity contribution >= 4 is 31.0 Å². The number of ether oxygens (including phenoxy) is 2. The first-order chi connectivity index (χ1) is 17.1. The second kappa shape index (κ2) is 8.06. The Balaban J connectivity index is 1.83. The lowest BCUT2D eigenvalue weighted by molar-refractivity contribution is -0.174. The third kappa shape index (κ3) is 3.28. The molecule has 0 saturated heterocycles. The molecule has 0 aliphatic carbocycles. The van der Waals surface area contributed by atoms with Gasteiger partial charge >= 0.3 is 12.1 Å². The van der Waals surface area contributed by atoms with Crippen molar-refractivity contribution in [3.05, 3.63) is 69.7 Å². The number of fused-ring (bicyclic) bond motifs is 5. The molecule has 2 N–H and O–H groups in total.